The van der Waals surface area contributed by atoms with E-state index in [0.717, 1.165) is 37.5 Å². The van der Waals surface area contributed by atoms with E-state index in [1.165, 1.54) is 25.0 Å². The number of rotatable bonds is 5. The first kappa shape index (κ1) is 16.4. The molecule has 1 heterocycles. The van der Waals surface area contributed by atoms with Gasteiger partial charge < -0.3 is 10.0 Å². The summed E-state index contributed by atoms with van der Waals surface area (Å²) >= 11 is 0. The fourth-order valence-corrected chi connectivity index (χ4v) is 3.08. The lowest BCUT2D eigenvalue weighted by molar-refractivity contribution is 0.112. The van der Waals surface area contributed by atoms with Crippen molar-refractivity contribution >= 4 is 0 Å². The third-order valence-electron chi connectivity index (χ3n) is 4.63. The summed E-state index contributed by atoms with van der Waals surface area (Å²) in [4.78, 5) is 2.30. The van der Waals surface area contributed by atoms with E-state index in [9.17, 15) is 13.9 Å². The topological polar surface area (TPSA) is 23.5 Å². The van der Waals surface area contributed by atoms with Crippen LogP contribution >= 0.6 is 0 Å². The van der Waals surface area contributed by atoms with Crippen molar-refractivity contribution in [3.05, 3.63) is 35.4 Å². The number of halogens is 2. The molecule has 1 aromatic rings. The highest BCUT2D eigenvalue weighted by Crippen LogP contribution is 2.26. The summed E-state index contributed by atoms with van der Waals surface area (Å²) in [5.41, 5.74) is 0.0621. The van der Waals surface area contributed by atoms with Crippen LogP contribution in [0.5, 0.6) is 0 Å². The van der Waals surface area contributed by atoms with E-state index < -0.39 is 17.7 Å². The predicted molar refractivity (Wildman–Crippen MR) is 79.9 cm³/mol. The second-order valence-electron chi connectivity index (χ2n) is 6.37. The number of hydrogen-bond acceptors (Lipinski definition) is 2. The van der Waals surface area contributed by atoms with Gasteiger partial charge in [-0.2, -0.15) is 0 Å². The Morgan fingerprint density at radius 2 is 1.90 bits per heavy atom. The first-order valence-corrected chi connectivity index (χ1v) is 7.83. The molecule has 1 fully saturated rings. The van der Waals surface area contributed by atoms with Crippen molar-refractivity contribution in [2.75, 3.05) is 19.6 Å². The molecule has 1 unspecified atom stereocenters. The van der Waals surface area contributed by atoms with Gasteiger partial charge in [0.15, 0.2) is 11.6 Å². The SMILES string of the molecule is CC(C)C1CCN(CCC(O)c2cccc(F)c2F)CC1. The minimum absolute atomic E-state index is 0.0621. The molecule has 21 heavy (non-hydrogen) atoms. The lowest BCUT2D eigenvalue weighted by Gasteiger charge is -2.34. The van der Waals surface area contributed by atoms with Gasteiger partial charge in [-0.25, -0.2) is 8.78 Å². The van der Waals surface area contributed by atoms with Crippen molar-refractivity contribution in [3.8, 4) is 0 Å². The van der Waals surface area contributed by atoms with Gasteiger partial charge in [0, 0.05) is 12.1 Å². The van der Waals surface area contributed by atoms with Gasteiger partial charge in [0.1, 0.15) is 0 Å². The minimum atomic E-state index is -0.941. The molecule has 118 valence electrons. The molecule has 0 bridgehead atoms. The monoisotopic (exact) mass is 297 g/mol. The van der Waals surface area contributed by atoms with Crippen LogP contribution in [0, 0.1) is 23.5 Å². The molecule has 1 aromatic carbocycles. The van der Waals surface area contributed by atoms with Gasteiger partial charge >= 0.3 is 0 Å². The van der Waals surface area contributed by atoms with Crippen LogP contribution in [0.3, 0.4) is 0 Å². The van der Waals surface area contributed by atoms with Crippen molar-refractivity contribution in [1.82, 2.24) is 4.90 Å². The van der Waals surface area contributed by atoms with Crippen LogP contribution in [0.15, 0.2) is 18.2 Å². The summed E-state index contributed by atoms with van der Waals surface area (Å²) in [5, 5.41) is 10.1. The zero-order valence-corrected chi connectivity index (χ0v) is 12.9. The Kier molecular flexibility index (Phi) is 5.71. The Bertz CT molecular complexity index is 456. The number of likely N-dealkylation sites (tertiary alicyclic amines) is 1. The summed E-state index contributed by atoms with van der Waals surface area (Å²) in [6, 6.07) is 3.96. The van der Waals surface area contributed by atoms with Gasteiger partial charge in [-0.1, -0.05) is 26.0 Å². The van der Waals surface area contributed by atoms with Crippen LogP contribution < -0.4 is 0 Å². The summed E-state index contributed by atoms with van der Waals surface area (Å²) in [6.07, 6.45) is 1.86. The smallest absolute Gasteiger partial charge is 0.164 e. The number of benzene rings is 1. The van der Waals surface area contributed by atoms with E-state index in [-0.39, 0.29) is 5.56 Å². The molecule has 0 aromatic heterocycles. The maximum Gasteiger partial charge on any atom is 0.164 e. The molecule has 2 rings (SSSR count). The van der Waals surface area contributed by atoms with Gasteiger partial charge in [-0.3, -0.25) is 0 Å². The summed E-state index contributed by atoms with van der Waals surface area (Å²) < 4.78 is 26.8. The second kappa shape index (κ2) is 7.32. The van der Waals surface area contributed by atoms with Crippen LogP contribution in [-0.2, 0) is 0 Å². The number of nitrogens with zero attached hydrogens (tertiary/aromatic N) is 1. The molecule has 1 aliphatic rings. The lowest BCUT2D eigenvalue weighted by Crippen LogP contribution is -2.36. The first-order chi connectivity index (χ1) is 9.99. The number of piperidine rings is 1. The number of aliphatic hydroxyl groups excluding tert-OH is 1. The quantitative estimate of drug-likeness (QED) is 0.894. The van der Waals surface area contributed by atoms with Crippen LogP contribution in [0.1, 0.15) is 44.8 Å². The average molecular weight is 297 g/mol. The summed E-state index contributed by atoms with van der Waals surface area (Å²) in [6.45, 7) is 7.30. The molecule has 1 atom stereocenters. The van der Waals surface area contributed by atoms with Gasteiger partial charge in [0.05, 0.1) is 6.10 Å². The van der Waals surface area contributed by atoms with E-state index in [1.807, 2.05) is 0 Å². The Morgan fingerprint density at radius 3 is 2.52 bits per heavy atom. The normalized spacial score (nSPS) is 19.1. The maximum atomic E-state index is 13.6. The number of hydrogen-bond donors (Lipinski definition) is 1. The molecule has 0 spiro atoms. The number of aliphatic hydroxyl groups is 1. The second-order valence-corrected chi connectivity index (χ2v) is 6.37. The van der Waals surface area contributed by atoms with Gasteiger partial charge in [0.25, 0.3) is 0 Å². The molecule has 0 saturated carbocycles. The molecule has 1 aliphatic heterocycles. The molecular formula is C17H25F2NO. The molecule has 2 nitrogen and oxygen atoms in total. The van der Waals surface area contributed by atoms with Crippen molar-refractivity contribution in [2.24, 2.45) is 11.8 Å². The molecule has 0 radical (unpaired) electrons. The van der Waals surface area contributed by atoms with Crippen LogP contribution in [0.4, 0.5) is 8.78 Å². The highest BCUT2D eigenvalue weighted by molar-refractivity contribution is 5.21. The zero-order valence-electron chi connectivity index (χ0n) is 12.9. The van der Waals surface area contributed by atoms with Crippen molar-refractivity contribution < 1.29 is 13.9 Å². The molecule has 0 amide bonds. The highest BCUT2D eigenvalue weighted by atomic mass is 19.2. The first-order valence-electron chi connectivity index (χ1n) is 7.83. The van der Waals surface area contributed by atoms with Gasteiger partial charge in [-0.15, -0.1) is 0 Å². The van der Waals surface area contributed by atoms with E-state index in [2.05, 4.69) is 18.7 Å². The predicted octanol–water partition coefficient (Wildman–Crippen LogP) is 3.76. The maximum absolute atomic E-state index is 13.6. The Balaban J connectivity index is 1.82. The van der Waals surface area contributed by atoms with Crippen LogP contribution in [0.2, 0.25) is 0 Å². The molecule has 1 saturated heterocycles. The summed E-state index contributed by atoms with van der Waals surface area (Å²) in [5.74, 6) is -0.321. The van der Waals surface area contributed by atoms with E-state index in [1.54, 1.807) is 0 Å². The van der Waals surface area contributed by atoms with Crippen LogP contribution in [-0.4, -0.2) is 29.6 Å². The largest absolute Gasteiger partial charge is 0.388 e. The molecule has 1 N–H and O–H groups in total. The van der Waals surface area contributed by atoms with Crippen LogP contribution in [0.25, 0.3) is 0 Å². The minimum Gasteiger partial charge on any atom is -0.388 e. The Labute approximate surface area is 125 Å². The van der Waals surface area contributed by atoms with Gasteiger partial charge in [0.2, 0.25) is 0 Å². The molecule has 4 heteroatoms. The van der Waals surface area contributed by atoms with Gasteiger partial charge in [-0.05, 0) is 50.3 Å². The Morgan fingerprint density at radius 1 is 1.24 bits per heavy atom. The third-order valence-corrected chi connectivity index (χ3v) is 4.63. The summed E-state index contributed by atoms with van der Waals surface area (Å²) in [7, 11) is 0. The standard InChI is InChI=1S/C17H25F2NO/c1-12(2)13-6-9-20(10-7-13)11-8-16(21)14-4-3-5-15(18)17(14)19/h3-5,12-13,16,21H,6-11H2,1-2H3. The van der Waals surface area contributed by atoms with Crippen molar-refractivity contribution in [1.29, 1.82) is 0 Å². The van der Waals surface area contributed by atoms with Crippen molar-refractivity contribution in [3.63, 3.8) is 0 Å². The van der Waals surface area contributed by atoms with Crippen molar-refractivity contribution in [2.45, 2.75) is 39.2 Å². The zero-order chi connectivity index (χ0) is 15.4. The Hall–Kier alpha value is -1.00. The average Bonchev–Trinajstić information content (AvgIpc) is 2.48. The fourth-order valence-electron chi connectivity index (χ4n) is 3.08. The molecular weight excluding hydrogens is 272 g/mol. The lowest BCUT2D eigenvalue weighted by atomic mass is 9.86. The highest BCUT2D eigenvalue weighted by Gasteiger charge is 2.22. The van der Waals surface area contributed by atoms with E-state index in [0.29, 0.717) is 6.42 Å². The van der Waals surface area contributed by atoms with E-state index in [4.69, 9.17) is 0 Å². The fraction of sp³-hybridized carbons (Fsp3) is 0.647. The van der Waals surface area contributed by atoms with E-state index >= 15 is 0 Å². The third kappa shape index (κ3) is 4.24. The molecule has 0 aliphatic carbocycles.